The average molecular weight is 352 g/mol. The maximum absolute atomic E-state index is 12.6. The Hall–Kier alpha value is -1.32. The lowest BCUT2D eigenvalue weighted by Crippen LogP contribution is -2.44. The molecule has 9 heteroatoms. The molecule has 2 rings (SSSR count). The van der Waals surface area contributed by atoms with E-state index in [0.29, 0.717) is 13.0 Å². The molecule has 0 unspecified atom stereocenters. The molecule has 1 fully saturated rings. The van der Waals surface area contributed by atoms with Gasteiger partial charge in [0.2, 0.25) is 10.0 Å². The van der Waals surface area contributed by atoms with Crippen LogP contribution in [0.25, 0.3) is 0 Å². The predicted molar refractivity (Wildman–Crippen MR) is 78.3 cm³/mol. The molecule has 0 saturated carbocycles. The molecule has 1 saturated heterocycles. The van der Waals surface area contributed by atoms with E-state index in [1.807, 2.05) is 6.92 Å². The first-order valence-electron chi connectivity index (χ1n) is 7.21. The van der Waals surface area contributed by atoms with Crippen LogP contribution in [-0.4, -0.2) is 38.2 Å². The summed E-state index contributed by atoms with van der Waals surface area (Å²) in [5, 5.41) is 0. The molecule has 1 aliphatic rings. The van der Waals surface area contributed by atoms with Crippen LogP contribution < -0.4 is 10.5 Å². The Labute approximate surface area is 133 Å². The standard InChI is InChI=1S/C14H19F3N2O3S/c1-10(18)11-4-3-7-19(9-11)23(20,21)13-6-2-5-12(8-13)22-14(15,16)17/h2,5-6,8,10-11H,3-4,7,9,18H2,1H3/t10-,11+/m0/s1. The Kier molecular flexibility index (Phi) is 5.22. The van der Waals surface area contributed by atoms with Crippen molar-refractivity contribution in [2.45, 2.75) is 37.1 Å². The van der Waals surface area contributed by atoms with Gasteiger partial charge in [0.15, 0.2) is 0 Å². The number of benzene rings is 1. The van der Waals surface area contributed by atoms with Gasteiger partial charge in [0.05, 0.1) is 4.90 Å². The second-order valence-corrected chi connectivity index (χ2v) is 7.59. The molecule has 0 aromatic heterocycles. The summed E-state index contributed by atoms with van der Waals surface area (Å²) in [4.78, 5) is -0.218. The van der Waals surface area contributed by atoms with Crippen LogP contribution >= 0.6 is 0 Å². The number of alkyl halides is 3. The number of hydrogen-bond acceptors (Lipinski definition) is 4. The second kappa shape index (κ2) is 6.66. The van der Waals surface area contributed by atoms with Crippen LogP contribution in [0, 0.1) is 5.92 Å². The minimum atomic E-state index is -4.87. The Balaban J connectivity index is 2.24. The minimum absolute atomic E-state index is 0.0353. The molecular formula is C14H19F3N2O3S. The fourth-order valence-electron chi connectivity index (χ4n) is 2.60. The third-order valence-electron chi connectivity index (χ3n) is 3.84. The van der Waals surface area contributed by atoms with Crippen molar-refractivity contribution in [2.75, 3.05) is 13.1 Å². The molecule has 5 nitrogen and oxygen atoms in total. The summed E-state index contributed by atoms with van der Waals surface area (Å²) in [6.07, 6.45) is -3.36. The van der Waals surface area contributed by atoms with Crippen molar-refractivity contribution in [1.82, 2.24) is 4.31 Å². The van der Waals surface area contributed by atoms with E-state index >= 15 is 0 Å². The van der Waals surface area contributed by atoms with Crippen molar-refractivity contribution < 1.29 is 26.3 Å². The van der Waals surface area contributed by atoms with E-state index in [1.54, 1.807) is 0 Å². The molecule has 1 heterocycles. The summed E-state index contributed by atoms with van der Waals surface area (Å²) in [5.74, 6) is -0.521. The highest BCUT2D eigenvalue weighted by atomic mass is 32.2. The maximum Gasteiger partial charge on any atom is 0.573 e. The molecule has 0 spiro atoms. The maximum atomic E-state index is 12.6. The van der Waals surface area contributed by atoms with Gasteiger partial charge < -0.3 is 10.5 Å². The Bertz CT molecular complexity index is 647. The number of piperidine rings is 1. The van der Waals surface area contributed by atoms with Gasteiger partial charge in [-0.1, -0.05) is 6.07 Å². The van der Waals surface area contributed by atoms with E-state index in [2.05, 4.69) is 4.74 Å². The third kappa shape index (κ3) is 4.58. The first-order valence-corrected chi connectivity index (χ1v) is 8.65. The van der Waals surface area contributed by atoms with Gasteiger partial charge in [-0.2, -0.15) is 4.31 Å². The lowest BCUT2D eigenvalue weighted by molar-refractivity contribution is -0.274. The fraction of sp³-hybridized carbons (Fsp3) is 0.571. The molecule has 0 amide bonds. The first-order chi connectivity index (χ1) is 10.6. The number of nitrogens with zero attached hydrogens (tertiary/aromatic N) is 1. The lowest BCUT2D eigenvalue weighted by Gasteiger charge is -2.33. The Morgan fingerprint density at radius 2 is 2.09 bits per heavy atom. The minimum Gasteiger partial charge on any atom is -0.406 e. The summed E-state index contributed by atoms with van der Waals surface area (Å²) >= 11 is 0. The molecule has 1 aliphatic heterocycles. The van der Waals surface area contributed by atoms with Crippen LogP contribution in [0.2, 0.25) is 0 Å². The van der Waals surface area contributed by atoms with Crippen LogP contribution in [0.15, 0.2) is 29.2 Å². The monoisotopic (exact) mass is 352 g/mol. The first kappa shape index (κ1) is 18.0. The molecular weight excluding hydrogens is 333 g/mol. The summed E-state index contributed by atoms with van der Waals surface area (Å²) in [6.45, 7) is 2.42. The highest BCUT2D eigenvalue weighted by Crippen LogP contribution is 2.29. The second-order valence-electron chi connectivity index (χ2n) is 5.65. The number of rotatable bonds is 4. The molecule has 0 aliphatic carbocycles. The number of hydrogen-bond donors (Lipinski definition) is 1. The van der Waals surface area contributed by atoms with Crippen LogP contribution in [0.4, 0.5) is 13.2 Å². The van der Waals surface area contributed by atoms with Crippen LogP contribution in [0.3, 0.4) is 0 Å². The van der Waals surface area contributed by atoms with Crippen molar-refractivity contribution >= 4 is 10.0 Å². The molecule has 0 radical (unpaired) electrons. The van der Waals surface area contributed by atoms with Crippen LogP contribution in [-0.2, 0) is 10.0 Å². The van der Waals surface area contributed by atoms with E-state index in [9.17, 15) is 21.6 Å². The zero-order valence-electron chi connectivity index (χ0n) is 12.6. The number of nitrogens with two attached hydrogens (primary N) is 1. The van der Waals surface area contributed by atoms with Gasteiger partial charge in [-0.25, -0.2) is 8.42 Å². The summed E-state index contributed by atoms with van der Waals surface area (Å²) < 4.78 is 67.1. The van der Waals surface area contributed by atoms with E-state index in [0.717, 1.165) is 18.6 Å². The van der Waals surface area contributed by atoms with Crippen molar-refractivity contribution in [3.8, 4) is 5.75 Å². The fourth-order valence-corrected chi connectivity index (χ4v) is 4.17. The molecule has 1 aromatic carbocycles. The quantitative estimate of drug-likeness (QED) is 0.903. The number of halogens is 3. The van der Waals surface area contributed by atoms with E-state index in [4.69, 9.17) is 5.73 Å². The zero-order valence-corrected chi connectivity index (χ0v) is 13.4. The molecule has 0 bridgehead atoms. The van der Waals surface area contributed by atoms with Crippen molar-refractivity contribution in [3.05, 3.63) is 24.3 Å². The molecule has 1 aromatic rings. The average Bonchev–Trinajstić information content (AvgIpc) is 2.46. The predicted octanol–water partition coefficient (Wildman–Crippen LogP) is 2.33. The number of ether oxygens (including phenoxy) is 1. The Morgan fingerprint density at radius 1 is 1.39 bits per heavy atom. The van der Waals surface area contributed by atoms with Crippen molar-refractivity contribution in [2.24, 2.45) is 11.7 Å². The normalized spacial score (nSPS) is 21.9. The summed E-state index contributed by atoms with van der Waals surface area (Å²) in [6, 6.07) is 4.29. The topological polar surface area (TPSA) is 72.6 Å². The van der Waals surface area contributed by atoms with Gasteiger partial charge in [0.25, 0.3) is 0 Å². The Morgan fingerprint density at radius 3 is 2.70 bits per heavy atom. The highest BCUT2D eigenvalue weighted by molar-refractivity contribution is 7.89. The van der Waals surface area contributed by atoms with Crippen LogP contribution in [0.5, 0.6) is 5.75 Å². The van der Waals surface area contributed by atoms with E-state index < -0.39 is 22.1 Å². The highest BCUT2D eigenvalue weighted by Gasteiger charge is 2.34. The summed E-state index contributed by atoms with van der Waals surface area (Å²) in [7, 11) is -3.88. The van der Waals surface area contributed by atoms with Gasteiger partial charge >= 0.3 is 6.36 Å². The van der Waals surface area contributed by atoms with Gasteiger partial charge in [-0.15, -0.1) is 13.2 Å². The third-order valence-corrected chi connectivity index (χ3v) is 5.70. The molecule has 2 atom stereocenters. The van der Waals surface area contributed by atoms with Gasteiger partial charge in [-0.05, 0) is 37.8 Å². The summed E-state index contributed by atoms with van der Waals surface area (Å²) in [5.41, 5.74) is 5.84. The molecule has 130 valence electrons. The smallest absolute Gasteiger partial charge is 0.406 e. The zero-order chi connectivity index (χ0) is 17.3. The lowest BCUT2D eigenvalue weighted by atomic mass is 9.93. The SMILES string of the molecule is C[C@H](N)[C@@H]1CCCN(S(=O)(=O)c2cccc(OC(F)(F)F)c2)C1. The van der Waals surface area contributed by atoms with E-state index in [1.165, 1.54) is 16.4 Å². The molecule has 2 N–H and O–H groups in total. The molecule has 23 heavy (non-hydrogen) atoms. The van der Waals surface area contributed by atoms with Crippen molar-refractivity contribution in [1.29, 1.82) is 0 Å². The van der Waals surface area contributed by atoms with Crippen molar-refractivity contribution in [3.63, 3.8) is 0 Å². The largest absolute Gasteiger partial charge is 0.573 e. The van der Waals surface area contributed by atoms with Crippen LogP contribution in [0.1, 0.15) is 19.8 Å². The van der Waals surface area contributed by atoms with Gasteiger partial charge in [0.1, 0.15) is 5.75 Å². The number of sulfonamides is 1. The van der Waals surface area contributed by atoms with Gasteiger partial charge in [0, 0.05) is 25.2 Å². The van der Waals surface area contributed by atoms with E-state index in [-0.39, 0.29) is 23.4 Å². The van der Waals surface area contributed by atoms with Gasteiger partial charge in [-0.3, -0.25) is 0 Å².